The van der Waals surface area contributed by atoms with Gasteiger partial charge in [0, 0.05) is 56.6 Å². The van der Waals surface area contributed by atoms with Gasteiger partial charge in [-0.2, -0.15) is 0 Å². The van der Waals surface area contributed by atoms with Gasteiger partial charge in [0.15, 0.2) is 11.5 Å². The molecule has 2 N–H and O–H groups in total. The number of ether oxygens (including phenoxy) is 2. The number of anilines is 1. The highest BCUT2D eigenvalue weighted by molar-refractivity contribution is 5.97. The Bertz CT molecular complexity index is 1250. The monoisotopic (exact) mass is 494 g/mol. The molecule has 1 aliphatic rings. The van der Waals surface area contributed by atoms with Crippen LogP contribution in [-0.2, 0) is 13.6 Å². The highest BCUT2D eigenvalue weighted by Gasteiger charge is 2.23. The molecule has 3 amide bonds. The molecule has 2 heterocycles. The van der Waals surface area contributed by atoms with Gasteiger partial charge in [0.2, 0.25) is 0 Å². The fourth-order valence-electron chi connectivity index (χ4n) is 4.30. The minimum atomic E-state index is -0.142. The zero-order valence-corrected chi connectivity index (χ0v) is 21.5. The number of aryl methyl sites for hydroxylation is 1. The smallest absolute Gasteiger partial charge is 0.321 e. The first kappa shape index (κ1) is 25.3. The number of aromatic nitrogens is 2. The van der Waals surface area contributed by atoms with Crippen LogP contribution in [0.3, 0.4) is 0 Å². The Kier molecular flexibility index (Phi) is 7.64. The van der Waals surface area contributed by atoms with Crippen LogP contribution in [0.25, 0.3) is 11.0 Å². The zero-order chi connectivity index (χ0) is 25.8. The average Bonchev–Trinajstić information content (AvgIpc) is 3.18. The SMILES string of the molecule is COc1ccc(NC(=O)N2CCN(Cc3nc4cc(C(=O)NC(C)C)ccc4n3C)CC2)cc1OC. The van der Waals surface area contributed by atoms with Gasteiger partial charge in [-0.1, -0.05) is 0 Å². The minimum absolute atomic E-state index is 0.0762. The molecule has 0 aliphatic carbocycles. The fourth-order valence-corrected chi connectivity index (χ4v) is 4.30. The number of hydrogen-bond donors (Lipinski definition) is 2. The van der Waals surface area contributed by atoms with E-state index >= 15 is 0 Å². The van der Waals surface area contributed by atoms with Crippen molar-refractivity contribution in [1.82, 2.24) is 24.7 Å². The number of nitrogens with zero attached hydrogens (tertiary/aromatic N) is 4. The number of piperazine rings is 1. The van der Waals surface area contributed by atoms with Gasteiger partial charge >= 0.3 is 6.03 Å². The summed E-state index contributed by atoms with van der Waals surface area (Å²) in [5.41, 5.74) is 3.05. The van der Waals surface area contributed by atoms with Crippen LogP contribution in [0.5, 0.6) is 11.5 Å². The molecule has 4 rings (SSSR count). The fraction of sp³-hybridized carbons (Fsp3) is 0.423. The van der Waals surface area contributed by atoms with E-state index in [2.05, 4.69) is 20.1 Å². The molecule has 3 aromatic rings. The Morgan fingerprint density at radius 2 is 1.72 bits per heavy atom. The number of methoxy groups -OCH3 is 2. The maximum atomic E-state index is 12.8. The van der Waals surface area contributed by atoms with E-state index < -0.39 is 0 Å². The summed E-state index contributed by atoms with van der Waals surface area (Å²) in [5, 5.41) is 5.86. The van der Waals surface area contributed by atoms with Crippen molar-refractivity contribution in [2.45, 2.75) is 26.4 Å². The maximum Gasteiger partial charge on any atom is 0.321 e. The molecule has 2 aromatic carbocycles. The second-order valence-corrected chi connectivity index (χ2v) is 9.18. The minimum Gasteiger partial charge on any atom is -0.493 e. The van der Waals surface area contributed by atoms with E-state index in [0.29, 0.717) is 42.4 Å². The Balaban J connectivity index is 1.35. The quantitative estimate of drug-likeness (QED) is 0.524. The van der Waals surface area contributed by atoms with E-state index in [1.54, 1.807) is 32.4 Å². The molecule has 36 heavy (non-hydrogen) atoms. The maximum absolute atomic E-state index is 12.8. The van der Waals surface area contributed by atoms with Gasteiger partial charge in [-0.25, -0.2) is 9.78 Å². The van der Waals surface area contributed by atoms with Crippen molar-refractivity contribution in [1.29, 1.82) is 0 Å². The molecule has 0 spiro atoms. The topological polar surface area (TPSA) is 101 Å². The van der Waals surface area contributed by atoms with Crippen LogP contribution in [0.1, 0.15) is 30.0 Å². The van der Waals surface area contributed by atoms with Crippen LogP contribution < -0.4 is 20.1 Å². The largest absolute Gasteiger partial charge is 0.493 e. The van der Waals surface area contributed by atoms with E-state index in [4.69, 9.17) is 14.5 Å². The number of urea groups is 1. The lowest BCUT2D eigenvalue weighted by Crippen LogP contribution is -2.49. The van der Waals surface area contributed by atoms with Crippen molar-refractivity contribution in [3.63, 3.8) is 0 Å². The number of hydrogen-bond acceptors (Lipinski definition) is 6. The van der Waals surface area contributed by atoms with Crippen LogP contribution in [0.4, 0.5) is 10.5 Å². The third-order valence-electron chi connectivity index (χ3n) is 6.31. The Labute approximate surface area is 211 Å². The Morgan fingerprint density at radius 3 is 2.39 bits per heavy atom. The van der Waals surface area contributed by atoms with Crippen molar-refractivity contribution >= 4 is 28.7 Å². The normalized spacial score (nSPS) is 14.2. The first-order chi connectivity index (χ1) is 17.3. The molecule has 0 atom stereocenters. The first-order valence-corrected chi connectivity index (χ1v) is 12.1. The zero-order valence-electron chi connectivity index (χ0n) is 21.5. The van der Waals surface area contributed by atoms with Crippen molar-refractivity contribution in [3.8, 4) is 11.5 Å². The summed E-state index contributed by atoms with van der Waals surface area (Å²) in [4.78, 5) is 34.0. The predicted octanol–water partition coefficient (Wildman–Crippen LogP) is 3.08. The highest BCUT2D eigenvalue weighted by atomic mass is 16.5. The summed E-state index contributed by atoms with van der Waals surface area (Å²) in [7, 11) is 5.13. The molecule has 1 aromatic heterocycles. The Morgan fingerprint density at radius 1 is 1.00 bits per heavy atom. The number of imidazole rings is 1. The lowest BCUT2D eigenvalue weighted by Gasteiger charge is -2.34. The second-order valence-electron chi connectivity index (χ2n) is 9.18. The third kappa shape index (κ3) is 5.54. The number of amides is 3. The molecule has 0 bridgehead atoms. The summed E-state index contributed by atoms with van der Waals surface area (Å²) in [6.07, 6.45) is 0. The van der Waals surface area contributed by atoms with Gasteiger partial charge in [0.05, 0.1) is 31.8 Å². The summed E-state index contributed by atoms with van der Waals surface area (Å²) < 4.78 is 12.6. The molecule has 1 aliphatic heterocycles. The summed E-state index contributed by atoms with van der Waals surface area (Å²) >= 11 is 0. The molecule has 0 unspecified atom stereocenters. The third-order valence-corrected chi connectivity index (χ3v) is 6.31. The molecule has 0 radical (unpaired) electrons. The summed E-state index contributed by atoms with van der Waals surface area (Å²) in [6.45, 7) is 7.26. The van der Waals surface area contributed by atoms with Gasteiger partial charge < -0.3 is 29.6 Å². The standard InChI is InChI=1S/C26H34N6O4/c1-17(2)27-25(33)18-6-8-21-20(14-18)29-24(30(21)3)16-31-10-12-32(13-11-31)26(34)28-19-7-9-22(35-4)23(15-19)36-5/h6-9,14-15,17H,10-13,16H2,1-5H3,(H,27,33)(H,28,34). The first-order valence-electron chi connectivity index (χ1n) is 12.1. The van der Waals surface area contributed by atoms with Gasteiger partial charge in [-0.05, 0) is 44.2 Å². The van der Waals surface area contributed by atoms with Crippen molar-refractivity contribution in [2.75, 3.05) is 45.7 Å². The molecule has 10 heteroatoms. The van der Waals surface area contributed by atoms with E-state index in [0.717, 1.165) is 29.9 Å². The van der Waals surface area contributed by atoms with Crippen LogP contribution in [-0.4, -0.2) is 77.7 Å². The molecule has 192 valence electrons. The molecule has 1 saturated heterocycles. The van der Waals surface area contributed by atoms with Gasteiger partial charge in [0.25, 0.3) is 5.91 Å². The molecule has 1 fully saturated rings. The molecular formula is C26H34N6O4. The van der Waals surface area contributed by atoms with Gasteiger partial charge in [-0.3, -0.25) is 9.69 Å². The lowest BCUT2D eigenvalue weighted by molar-refractivity contribution is 0.0943. The van der Waals surface area contributed by atoms with Crippen LogP contribution >= 0.6 is 0 Å². The average molecular weight is 495 g/mol. The van der Waals surface area contributed by atoms with Gasteiger partial charge in [0.1, 0.15) is 5.82 Å². The van der Waals surface area contributed by atoms with Crippen LogP contribution in [0.15, 0.2) is 36.4 Å². The van der Waals surface area contributed by atoms with E-state index in [1.807, 2.05) is 44.0 Å². The van der Waals surface area contributed by atoms with Crippen LogP contribution in [0, 0.1) is 0 Å². The predicted molar refractivity (Wildman–Crippen MR) is 139 cm³/mol. The number of benzene rings is 2. The van der Waals surface area contributed by atoms with E-state index in [-0.39, 0.29) is 18.0 Å². The number of rotatable bonds is 7. The van der Waals surface area contributed by atoms with Gasteiger partial charge in [-0.15, -0.1) is 0 Å². The number of carbonyl (C=O) groups is 2. The van der Waals surface area contributed by atoms with E-state index in [9.17, 15) is 9.59 Å². The van der Waals surface area contributed by atoms with Crippen molar-refractivity contribution < 1.29 is 19.1 Å². The summed E-state index contributed by atoms with van der Waals surface area (Å²) in [5.74, 6) is 2.01. The second kappa shape index (κ2) is 10.9. The number of carbonyl (C=O) groups excluding carboxylic acids is 2. The highest BCUT2D eigenvalue weighted by Crippen LogP contribution is 2.30. The molecular weight excluding hydrogens is 460 g/mol. The van der Waals surface area contributed by atoms with Crippen LogP contribution in [0.2, 0.25) is 0 Å². The number of fused-ring (bicyclic) bond motifs is 1. The summed E-state index contributed by atoms with van der Waals surface area (Å²) in [6, 6.07) is 10.9. The van der Waals surface area contributed by atoms with E-state index in [1.165, 1.54) is 0 Å². The van der Waals surface area contributed by atoms with Crippen molar-refractivity contribution in [2.24, 2.45) is 7.05 Å². The molecule has 0 saturated carbocycles. The Hall–Kier alpha value is -3.79. The number of nitrogens with one attached hydrogen (secondary N) is 2. The molecule has 10 nitrogen and oxygen atoms in total. The lowest BCUT2D eigenvalue weighted by atomic mass is 10.2. The van der Waals surface area contributed by atoms with Crippen molar-refractivity contribution in [3.05, 3.63) is 47.8 Å².